The number of alkyl halides is 2. The molecule has 3 heterocycles. The summed E-state index contributed by atoms with van der Waals surface area (Å²) in [6, 6.07) is 15.7. The van der Waals surface area contributed by atoms with E-state index in [0.717, 1.165) is 31.5 Å². The van der Waals surface area contributed by atoms with E-state index in [1.165, 1.54) is 0 Å². The van der Waals surface area contributed by atoms with Gasteiger partial charge in [-0.15, -0.1) is 0 Å². The van der Waals surface area contributed by atoms with E-state index in [2.05, 4.69) is 9.64 Å². The van der Waals surface area contributed by atoms with E-state index >= 15 is 0 Å². The van der Waals surface area contributed by atoms with Crippen molar-refractivity contribution in [3.05, 3.63) is 77.7 Å². The molecule has 0 aliphatic carbocycles. The largest absolute Gasteiger partial charge is 0.467 e. The van der Waals surface area contributed by atoms with Gasteiger partial charge in [0.2, 0.25) is 6.79 Å². The molecule has 184 valence electrons. The van der Waals surface area contributed by atoms with Crippen LogP contribution in [-0.2, 0) is 13.1 Å². The van der Waals surface area contributed by atoms with Crippen molar-refractivity contribution in [2.45, 2.75) is 38.6 Å². The van der Waals surface area contributed by atoms with Crippen LogP contribution in [0.3, 0.4) is 0 Å². The van der Waals surface area contributed by atoms with Gasteiger partial charge in [-0.05, 0) is 49.2 Å². The van der Waals surface area contributed by atoms with E-state index in [4.69, 9.17) is 13.9 Å². The van der Waals surface area contributed by atoms with Crippen molar-refractivity contribution < 1.29 is 32.2 Å². The molecule has 5 rings (SSSR count). The van der Waals surface area contributed by atoms with Crippen LogP contribution >= 0.6 is 0 Å². The molecule has 3 aromatic rings. The van der Waals surface area contributed by atoms with Gasteiger partial charge in [0, 0.05) is 36.8 Å². The maximum atomic E-state index is 13.6. The first-order valence-electron chi connectivity index (χ1n) is 11.5. The van der Waals surface area contributed by atoms with E-state index in [0.29, 0.717) is 35.9 Å². The van der Waals surface area contributed by atoms with Crippen LogP contribution in [0.15, 0.2) is 65.3 Å². The molecule has 7 nitrogen and oxygen atoms in total. The smallest absolute Gasteiger partial charge is 0.387 e. The highest BCUT2D eigenvalue weighted by atomic mass is 19.3. The lowest BCUT2D eigenvalue weighted by molar-refractivity contribution is -0.0508. The minimum atomic E-state index is -2.86. The maximum Gasteiger partial charge on any atom is 0.387 e. The van der Waals surface area contributed by atoms with Crippen molar-refractivity contribution in [1.82, 2.24) is 9.80 Å². The number of fused-ring (bicyclic) bond motifs is 1. The van der Waals surface area contributed by atoms with Gasteiger partial charge in [-0.1, -0.05) is 18.2 Å². The lowest BCUT2D eigenvalue weighted by atomic mass is 10.0. The van der Waals surface area contributed by atoms with E-state index in [9.17, 15) is 13.6 Å². The third kappa shape index (κ3) is 5.40. The fraction of sp³-hybridized carbons (Fsp3) is 0.346. The minimum absolute atomic E-state index is 0.00170. The summed E-state index contributed by atoms with van der Waals surface area (Å²) in [5.74, 6) is 1.99. The molecule has 1 aromatic heterocycles. The van der Waals surface area contributed by atoms with Crippen LogP contribution in [0.4, 0.5) is 8.78 Å². The maximum absolute atomic E-state index is 13.6. The Bertz CT molecular complexity index is 1150. The molecule has 0 radical (unpaired) electrons. The van der Waals surface area contributed by atoms with Crippen LogP contribution in [0.2, 0.25) is 0 Å². The molecule has 0 unspecified atom stereocenters. The molecular formula is C26H26F2N2O5. The number of rotatable bonds is 8. The predicted molar refractivity (Wildman–Crippen MR) is 123 cm³/mol. The number of halogens is 2. The summed E-state index contributed by atoms with van der Waals surface area (Å²) < 4.78 is 46.6. The average molecular weight is 484 g/mol. The van der Waals surface area contributed by atoms with Crippen molar-refractivity contribution in [2.75, 3.05) is 19.9 Å². The minimum Gasteiger partial charge on any atom is -0.467 e. The topological polar surface area (TPSA) is 64.4 Å². The van der Waals surface area contributed by atoms with Crippen molar-refractivity contribution in [2.24, 2.45) is 0 Å². The van der Waals surface area contributed by atoms with Gasteiger partial charge in [0.05, 0.1) is 12.8 Å². The lowest BCUT2D eigenvalue weighted by Crippen LogP contribution is -2.46. The van der Waals surface area contributed by atoms with Gasteiger partial charge in [-0.2, -0.15) is 8.78 Å². The number of para-hydroxylation sites is 1. The van der Waals surface area contributed by atoms with Crippen LogP contribution < -0.4 is 14.2 Å². The van der Waals surface area contributed by atoms with Crippen LogP contribution in [0, 0.1) is 0 Å². The quantitative estimate of drug-likeness (QED) is 0.453. The Kier molecular flexibility index (Phi) is 6.85. The number of ether oxygens (including phenoxy) is 3. The van der Waals surface area contributed by atoms with Gasteiger partial charge < -0.3 is 23.5 Å². The summed E-state index contributed by atoms with van der Waals surface area (Å²) in [6.07, 6.45) is 3.09. The second-order valence-corrected chi connectivity index (χ2v) is 8.57. The summed E-state index contributed by atoms with van der Waals surface area (Å²) >= 11 is 0. The molecule has 1 amide bonds. The van der Waals surface area contributed by atoms with Crippen LogP contribution in [0.5, 0.6) is 17.2 Å². The molecule has 0 atom stereocenters. The Balaban J connectivity index is 1.28. The highest BCUT2D eigenvalue weighted by Gasteiger charge is 2.30. The molecule has 2 aliphatic rings. The molecule has 35 heavy (non-hydrogen) atoms. The summed E-state index contributed by atoms with van der Waals surface area (Å²) in [5, 5.41) is 0. The van der Waals surface area contributed by atoms with Gasteiger partial charge in [0.25, 0.3) is 5.91 Å². The lowest BCUT2D eigenvalue weighted by Gasteiger charge is -2.38. The molecule has 1 saturated heterocycles. The van der Waals surface area contributed by atoms with E-state index in [1.807, 2.05) is 17.0 Å². The Labute approximate surface area is 201 Å². The number of carbonyl (C=O) groups excluding carboxylic acids is 1. The third-order valence-electron chi connectivity index (χ3n) is 6.37. The number of benzene rings is 2. The SMILES string of the molecule is O=C(c1ccc2c(c1)OCO2)N(Cc1ccco1)C1CCN(Cc2ccccc2OC(F)F)CC1. The zero-order valence-electron chi connectivity index (χ0n) is 19.1. The number of hydrogen-bond acceptors (Lipinski definition) is 6. The Morgan fingerprint density at radius 1 is 1.06 bits per heavy atom. The molecule has 0 saturated carbocycles. The van der Waals surface area contributed by atoms with Crippen molar-refractivity contribution in [3.63, 3.8) is 0 Å². The summed E-state index contributed by atoms with van der Waals surface area (Å²) in [4.78, 5) is 17.6. The zero-order chi connectivity index (χ0) is 24.2. The fourth-order valence-electron chi connectivity index (χ4n) is 4.61. The van der Waals surface area contributed by atoms with Crippen LogP contribution in [-0.4, -0.2) is 48.2 Å². The highest BCUT2D eigenvalue weighted by Crippen LogP contribution is 2.34. The summed E-state index contributed by atoms with van der Waals surface area (Å²) in [6.45, 7) is -0.417. The normalized spacial score (nSPS) is 16.0. The van der Waals surface area contributed by atoms with Crippen LogP contribution in [0.25, 0.3) is 0 Å². The Morgan fingerprint density at radius 2 is 1.86 bits per heavy atom. The van der Waals surface area contributed by atoms with Gasteiger partial charge in [0.1, 0.15) is 11.5 Å². The first-order chi connectivity index (χ1) is 17.1. The molecule has 0 spiro atoms. The second kappa shape index (κ2) is 10.4. The molecule has 2 aliphatic heterocycles. The molecule has 9 heteroatoms. The fourth-order valence-corrected chi connectivity index (χ4v) is 4.61. The van der Waals surface area contributed by atoms with E-state index < -0.39 is 6.61 Å². The van der Waals surface area contributed by atoms with Gasteiger partial charge in [0.15, 0.2) is 11.5 Å². The van der Waals surface area contributed by atoms with Crippen molar-refractivity contribution >= 4 is 5.91 Å². The van der Waals surface area contributed by atoms with Gasteiger partial charge in [-0.25, -0.2) is 0 Å². The standard InChI is InChI=1S/C26H26F2N2O5/c27-26(28)35-22-6-2-1-4-19(22)15-29-11-9-20(10-12-29)30(16-21-5-3-13-32-21)25(31)18-7-8-23-24(14-18)34-17-33-23/h1-8,13-14,20,26H,9-12,15-17H2. The summed E-state index contributed by atoms with van der Waals surface area (Å²) in [5.41, 5.74) is 1.25. The predicted octanol–water partition coefficient (Wildman–Crippen LogP) is 4.92. The Morgan fingerprint density at radius 3 is 2.63 bits per heavy atom. The Hall–Kier alpha value is -3.59. The summed E-state index contributed by atoms with van der Waals surface area (Å²) in [7, 11) is 0. The third-order valence-corrected chi connectivity index (χ3v) is 6.37. The number of hydrogen-bond donors (Lipinski definition) is 0. The number of furan rings is 1. The van der Waals surface area contributed by atoms with E-state index in [1.54, 1.807) is 48.7 Å². The highest BCUT2D eigenvalue weighted by molar-refractivity contribution is 5.95. The van der Waals surface area contributed by atoms with Crippen molar-refractivity contribution in [1.29, 1.82) is 0 Å². The first-order valence-corrected chi connectivity index (χ1v) is 11.5. The van der Waals surface area contributed by atoms with Gasteiger partial charge >= 0.3 is 6.61 Å². The molecule has 0 bridgehead atoms. The first kappa shape index (κ1) is 23.2. The number of carbonyl (C=O) groups is 1. The number of likely N-dealkylation sites (tertiary alicyclic amines) is 1. The zero-order valence-corrected chi connectivity index (χ0v) is 19.1. The molecule has 0 N–H and O–H groups in total. The van der Waals surface area contributed by atoms with Crippen molar-refractivity contribution in [3.8, 4) is 17.2 Å². The van der Waals surface area contributed by atoms with Gasteiger partial charge in [-0.3, -0.25) is 9.69 Å². The molecular weight excluding hydrogens is 458 g/mol. The van der Waals surface area contributed by atoms with Crippen LogP contribution in [0.1, 0.15) is 34.5 Å². The number of nitrogens with zero attached hydrogens (tertiary/aromatic N) is 2. The number of piperidine rings is 1. The average Bonchev–Trinajstić information content (AvgIpc) is 3.55. The van der Waals surface area contributed by atoms with E-state index in [-0.39, 0.29) is 24.5 Å². The second-order valence-electron chi connectivity index (χ2n) is 8.57. The monoisotopic (exact) mass is 484 g/mol. The molecule has 2 aromatic carbocycles. The molecule has 1 fully saturated rings. The number of amides is 1.